The number of aliphatic hydroxyl groups is 3. The molecule has 0 aliphatic heterocycles. The number of nitrogens with one attached hydrogen (secondary N) is 1. The van der Waals surface area contributed by atoms with Crippen LogP contribution >= 0.6 is 0 Å². The van der Waals surface area contributed by atoms with Crippen molar-refractivity contribution in [3.8, 4) is 5.75 Å². The third-order valence-electron chi connectivity index (χ3n) is 7.23. The van der Waals surface area contributed by atoms with Crippen LogP contribution in [0.2, 0.25) is 0 Å². The third kappa shape index (κ3) is 3.69. The lowest BCUT2D eigenvalue weighted by Crippen LogP contribution is -2.58. The topological polar surface area (TPSA) is 170 Å². The predicted octanol–water partition coefficient (Wildman–Crippen LogP) is 1.34. The number of halogens is 2. The number of aromatic hydroxyl groups is 1. The minimum Gasteiger partial charge on any atom is -0.508 e. The van der Waals surface area contributed by atoms with E-state index in [0.29, 0.717) is 12.0 Å². The van der Waals surface area contributed by atoms with Gasteiger partial charge >= 0.3 is 0 Å². The van der Waals surface area contributed by atoms with Gasteiger partial charge in [-0.1, -0.05) is 13.0 Å². The van der Waals surface area contributed by atoms with Crippen molar-refractivity contribution in [2.24, 2.45) is 17.6 Å². The van der Waals surface area contributed by atoms with Crippen molar-refractivity contribution in [3.63, 3.8) is 0 Å². The number of ketones is 2. The summed E-state index contributed by atoms with van der Waals surface area (Å²) in [6.45, 7) is 1.13. The van der Waals surface area contributed by atoms with Gasteiger partial charge in [-0.25, -0.2) is 8.78 Å². The summed E-state index contributed by atoms with van der Waals surface area (Å²) >= 11 is 0. The van der Waals surface area contributed by atoms with E-state index in [4.69, 9.17) is 5.73 Å². The molecule has 1 fully saturated rings. The lowest BCUT2D eigenvalue weighted by atomic mass is 9.59. The Morgan fingerprint density at radius 1 is 1.23 bits per heavy atom. The monoisotopic (exact) mass is 492 g/mol. The Morgan fingerprint density at radius 3 is 2.51 bits per heavy atom. The molecule has 4 rings (SSSR count). The van der Waals surface area contributed by atoms with Crippen molar-refractivity contribution in [1.82, 2.24) is 5.32 Å². The molecular weight excluding hydrogens is 466 g/mol. The van der Waals surface area contributed by atoms with Gasteiger partial charge in [-0.15, -0.1) is 0 Å². The average Bonchev–Trinajstić information content (AvgIpc) is 2.77. The summed E-state index contributed by atoms with van der Waals surface area (Å²) in [6, 6.07) is 1.66. The standard InChI is InChI=1S/C24H26F2N2O7/c1-2-9-3-11(7-28-8-15(25)26)19(30)17-13(9)5-10-4-12-6-14(29)18(23(27)34)22(33)24(12,35)21(32)16(10)20(17)31/h3,10,12,15,28,30-31,33,35H,2,4-8H2,1H3,(H2,27,34)/t10-,12+,24+/m1/s1. The maximum absolute atomic E-state index is 13.5. The number of hydrogen-bond acceptors (Lipinski definition) is 8. The molecule has 11 heteroatoms. The van der Waals surface area contributed by atoms with Gasteiger partial charge in [0.05, 0.1) is 12.1 Å². The number of amides is 1. The Morgan fingerprint density at radius 2 is 1.91 bits per heavy atom. The number of benzene rings is 1. The first-order chi connectivity index (χ1) is 16.4. The number of Topliss-reactive ketones (excluding diaryl/α,β-unsaturated/α-hetero) is 2. The maximum atomic E-state index is 13.5. The van der Waals surface area contributed by atoms with E-state index in [1.165, 1.54) is 0 Å². The number of primary amides is 1. The molecule has 0 radical (unpaired) electrons. The van der Waals surface area contributed by atoms with Crippen LogP contribution in [-0.2, 0) is 33.8 Å². The molecule has 1 saturated carbocycles. The number of aryl methyl sites for hydroxylation is 1. The Labute approximate surface area is 198 Å². The molecule has 0 spiro atoms. The van der Waals surface area contributed by atoms with Crippen molar-refractivity contribution >= 4 is 23.2 Å². The van der Waals surface area contributed by atoms with Crippen LogP contribution in [0.25, 0.3) is 5.76 Å². The Hall–Kier alpha value is -3.31. The molecule has 188 valence electrons. The van der Waals surface area contributed by atoms with E-state index >= 15 is 0 Å². The fourth-order valence-electron chi connectivity index (χ4n) is 5.59. The van der Waals surface area contributed by atoms with Gasteiger partial charge < -0.3 is 31.5 Å². The van der Waals surface area contributed by atoms with Gasteiger partial charge in [0, 0.05) is 30.0 Å². The van der Waals surface area contributed by atoms with Crippen LogP contribution in [0.4, 0.5) is 8.78 Å². The molecule has 7 N–H and O–H groups in total. The van der Waals surface area contributed by atoms with Gasteiger partial charge in [0.15, 0.2) is 11.4 Å². The van der Waals surface area contributed by atoms with Gasteiger partial charge in [-0.05, 0) is 36.3 Å². The summed E-state index contributed by atoms with van der Waals surface area (Å²) in [5, 5.41) is 46.4. The number of rotatable bonds is 6. The second-order valence-electron chi connectivity index (χ2n) is 9.18. The number of carbonyl (C=O) groups excluding carboxylic acids is 3. The van der Waals surface area contributed by atoms with Gasteiger partial charge in [0.2, 0.25) is 5.78 Å². The number of phenolic OH excluding ortho intramolecular Hbond substituents is 1. The van der Waals surface area contributed by atoms with E-state index < -0.39 is 65.0 Å². The summed E-state index contributed by atoms with van der Waals surface area (Å²) < 4.78 is 25.1. The molecule has 0 unspecified atom stereocenters. The van der Waals surface area contributed by atoms with E-state index in [0.717, 1.165) is 5.56 Å². The maximum Gasteiger partial charge on any atom is 0.255 e. The molecule has 1 aromatic rings. The highest BCUT2D eigenvalue weighted by Crippen LogP contribution is 2.52. The Bertz CT molecular complexity index is 1210. The Balaban J connectivity index is 1.86. The number of nitrogens with two attached hydrogens (primary N) is 1. The second kappa shape index (κ2) is 8.72. The third-order valence-corrected chi connectivity index (χ3v) is 7.23. The molecule has 9 nitrogen and oxygen atoms in total. The van der Waals surface area contributed by atoms with Gasteiger partial charge in [-0.2, -0.15) is 0 Å². The van der Waals surface area contributed by atoms with Crippen molar-refractivity contribution in [1.29, 1.82) is 0 Å². The molecule has 0 saturated heterocycles. The van der Waals surface area contributed by atoms with E-state index in [-0.39, 0.29) is 48.3 Å². The minimum absolute atomic E-state index is 0.0367. The highest BCUT2D eigenvalue weighted by Gasteiger charge is 2.60. The Kier molecular flexibility index (Phi) is 6.18. The summed E-state index contributed by atoms with van der Waals surface area (Å²) in [5.41, 5.74) is 2.98. The lowest BCUT2D eigenvalue weighted by molar-refractivity contribution is -0.147. The molecule has 1 aromatic carbocycles. The van der Waals surface area contributed by atoms with Crippen molar-refractivity contribution in [2.75, 3.05) is 6.54 Å². The zero-order chi connectivity index (χ0) is 25.8. The molecule has 35 heavy (non-hydrogen) atoms. The summed E-state index contributed by atoms with van der Waals surface area (Å²) in [7, 11) is 0. The quantitative estimate of drug-likeness (QED) is 0.323. The number of aliphatic hydroxyl groups excluding tert-OH is 2. The van der Waals surface area contributed by atoms with Gasteiger partial charge in [-0.3, -0.25) is 14.4 Å². The van der Waals surface area contributed by atoms with Crippen LogP contribution in [-0.4, -0.2) is 56.5 Å². The molecule has 0 heterocycles. The molecule has 0 aromatic heterocycles. The number of fused-ring (bicyclic) bond motifs is 3. The molecule has 3 atom stereocenters. The van der Waals surface area contributed by atoms with Crippen LogP contribution in [0, 0.1) is 11.8 Å². The number of phenols is 1. The van der Waals surface area contributed by atoms with Crippen molar-refractivity contribution < 1.29 is 43.6 Å². The first-order valence-electron chi connectivity index (χ1n) is 11.3. The van der Waals surface area contributed by atoms with Crippen LogP contribution < -0.4 is 11.1 Å². The summed E-state index contributed by atoms with van der Waals surface area (Å²) in [5.74, 6) is -6.92. The van der Waals surface area contributed by atoms with E-state index in [9.17, 15) is 43.6 Å². The molecule has 1 amide bonds. The first-order valence-corrected chi connectivity index (χ1v) is 11.3. The fraction of sp³-hybridized carbons (Fsp3) is 0.458. The number of hydrogen-bond donors (Lipinski definition) is 6. The summed E-state index contributed by atoms with van der Waals surface area (Å²) in [4.78, 5) is 37.6. The number of alkyl halides is 2. The van der Waals surface area contributed by atoms with E-state index in [2.05, 4.69) is 5.32 Å². The van der Waals surface area contributed by atoms with Gasteiger partial charge in [0.25, 0.3) is 12.3 Å². The second-order valence-corrected chi connectivity index (χ2v) is 9.18. The zero-order valence-electron chi connectivity index (χ0n) is 18.9. The SMILES string of the molecule is CCc1cc(CNCC(F)F)c(O)c2c1C[C@H]1C[C@H]3CC(=O)C(C(N)=O)=C(O)[C@@]3(O)C(=O)C1=C2O. The smallest absolute Gasteiger partial charge is 0.255 e. The number of carbonyl (C=O) groups is 3. The molecular formula is C24H26F2N2O7. The molecule has 3 aliphatic carbocycles. The predicted molar refractivity (Wildman–Crippen MR) is 118 cm³/mol. The first kappa shape index (κ1) is 24.8. The van der Waals surface area contributed by atoms with E-state index in [1.807, 2.05) is 6.92 Å². The van der Waals surface area contributed by atoms with Crippen molar-refractivity contribution in [2.45, 2.75) is 51.2 Å². The van der Waals surface area contributed by atoms with Crippen LogP contribution in [0.15, 0.2) is 23.0 Å². The fourth-order valence-corrected chi connectivity index (χ4v) is 5.59. The van der Waals surface area contributed by atoms with Crippen molar-refractivity contribution in [3.05, 3.63) is 45.2 Å². The average molecular weight is 492 g/mol. The minimum atomic E-state index is -2.63. The summed E-state index contributed by atoms with van der Waals surface area (Å²) in [6.07, 6.45) is -2.24. The van der Waals surface area contributed by atoms with Crippen LogP contribution in [0.1, 0.15) is 42.0 Å². The largest absolute Gasteiger partial charge is 0.508 e. The highest BCUT2D eigenvalue weighted by atomic mass is 19.3. The lowest BCUT2D eigenvalue weighted by Gasteiger charge is -2.46. The highest BCUT2D eigenvalue weighted by molar-refractivity contribution is 6.22. The molecule has 0 bridgehead atoms. The zero-order valence-corrected chi connectivity index (χ0v) is 18.9. The van der Waals surface area contributed by atoms with Crippen LogP contribution in [0.5, 0.6) is 5.75 Å². The van der Waals surface area contributed by atoms with Crippen LogP contribution in [0.3, 0.4) is 0 Å². The normalized spacial score (nSPS) is 26.1. The van der Waals surface area contributed by atoms with E-state index in [1.54, 1.807) is 6.07 Å². The molecule has 3 aliphatic rings. The van der Waals surface area contributed by atoms with Gasteiger partial charge in [0.1, 0.15) is 22.8 Å².